The van der Waals surface area contributed by atoms with Gasteiger partial charge in [-0.2, -0.15) is 4.98 Å². The molecule has 138 valence electrons. The van der Waals surface area contributed by atoms with Crippen molar-refractivity contribution in [3.63, 3.8) is 0 Å². The van der Waals surface area contributed by atoms with E-state index in [9.17, 15) is 14.4 Å². The first-order valence-corrected chi connectivity index (χ1v) is 8.56. The van der Waals surface area contributed by atoms with E-state index in [4.69, 9.17) is 0 Å². The minimum Gasteiger partial charge on any atom is -0.298 e. The standard InChI is InChI=1S/C19H19N5O3/c1-11-6-5-7-14(8-11)24-12(2)9-22-15-16(20-18(22)24)21(4)19(27)23(17(15)26)10-13(3)25/h5-9H,10H2,1-4H3. The Hall–Kier alpha value is -3.42. The maximum atomic E-state index is 13.0. The highest BCUT2D eigenvalue weighted by Crippen LogP contribution is 2.21. The van der Waals surface area contributed by atoms with Gasteiger partial charge >= 0.3 is 5.69 Å². The van der Waals surface area contributed by atoms with E-state index in [0.717, 1.165) is 21.5 Å². The van der Waals surface area contributed by atoms with Crippen LogP contribution in [-0.4, -0.2) is 28.9 Å². The molecule has 0 N–H and O–H groups in total. The van der Waals surface area contributed by atoms with Crippen molar-refractivity contribution in [2.45, 2.75) is 27.3 Å². The Labute approximate surface area is 153 Å². The summed E-state index contributed by atoms with van der Waals surface area (Å²) < 4.78 is 5.89. The van der Waals surface area contributed by atoms with E-state index in [0.29, 0.717) is 11.4 Å². The van der Waals surface area contributed by atoms with Crippen molar-refractivity contribution in [2.75, 3.05) is 0 Å². The zero-order valence-corrected chi connectivity index (χ0v) is 15.6. The molecule has 1 aromatic carbocycles. The summed E-state index contributed by atoms with van der Waals surface area (Å²) in [5.41, 5.74) is 2.43. The van der Waals surface area contributed by atoms with Crippen molar-refractivity contribution in [1.29, 1.82) is 0 Å². The molecule has 0 aliphatic rings. The lowest BCUT2D eigenvalue weighted by Crippen LogP contribution is -2.40. The van der Waals surface area contributed by atoms with Gasteiger partial charge in [0.05, 0.1) is 6.54 Å². The van der Waals surface area contributed by atoms with Crippen molar-refractivity contribution < 1.29 is 4.79 Å². The van der Waals surface area contributed by atoms with Gasteiger partial charge in [-0.15, -0.1) is 0 Å². The Morgan fingerprint density at radius 2 is 1.93 bits per heavy atom. The summed E-state index contributed by atoms with van der Waals surface area (Å²) in [4.78, 5) is 41.6. The smallest absolute Gasteiger partial charge is 0.298 e. The molecule has 0 radical (unpaired) electrons. The van der Waals surface area contributed by atoms with E-state index in [2.05, 4.69) is 4.98 Å². The maximum Gasteiger partial charge on any atom is 0.332 e. The molecular formula is C19H19N5O3. The molecule has 0 atom stereocenters. The van der Waals surface area contributed by atoms with Crippen LogP contribution in [0.4, 0.5) is 0 Å². The van der Waals surface area contributed by atoms with Gasteiger partial charge in [0, 0.05) is 24.6 Å². The second-order valence-electron chi connectivity index (χ2n) is 6.83. The molecule has 8 nitrogen and oxygen atoms in total. The van der Waals surface area contributed by atoms with Gasteiger partial charge in [0.15, 0.2) is 11.2 Å². The molecule has 3 heterocycles. The van der Waals surface area contributed by atoms with Crippen molar-refractivity contribution in [3.05, 3.63) is 62.6 Å². The first kappa shape index (κ1) is 17.0. The first-order chi connectivity index (χ1) is 12.8. The van der Waals surface area contributed by atoms with Crippen LogP contribution in [0.2, 0.25) is 0 Å². The third-order valence-electron chi connectivity index (χ3n) is 4.67. The fourth-order valence-corrected chi connectivity index (χ4v) is 3.46. The SMILES string of the molecule is CC(=O)Cn1c(=O)c2c(nc3n(-c4cccc(C)c4)c(C)cn23)n(C)c1=O. The fraction of sp³-hybridized carbons (Fsp3) is 0.263. The monoisotopic (exact) mass is 365 g/mol. The number of hydrogen-bond acceptors (Lipinski definition) is 4. The summed E-state index contributed by atoms with van der Waals surface area (Å²) in [5.74, 6) is 0.281. The van der Waals surface area contributed by atoms with Crippen LogP contribution in [0.3, 0.4) is 0 Å². The van der Waals surface area contributed by atoms with E-state index in [1.54, 1.807) is 11.4 Å². The van der Waals surface area contributed by atoms with Crippen molar-refractivity contribution in [2.24, 2.45) is 7.05 Å². The zero-order valence-electron chi connectivity index (χ0n) is 15.6. The van der Waals surface area contributed by atoms with Gasteiger partial charge in [0.25, 0.3) is 5.56 Å². The number of rotatable bonds is 3. The minimum absolute atomic E-state index is 0.258. The molecule has 4 aromatic rings. The first-order valence-electron chi connectivity index (χ1n) is 8.56. The van der Waals surface area contributed by atoms with Crippen LogP contribution in [-0.2, 0) is 18.4 Å². The predicted octanol–water partition coefficient (Wildman–Crippen LogP) is 1.34. The van der Waals surface area contributed by atoms with Crippen molar-refractivity contribution >= 4 is 22.7 Å². The van der Waals surface area contributed by atoms with Crippen LogP contribution < -0.4 is 11.2 Å². The Balaban J connectivity index is 2.14. The number of imidazole rings is 2. The summed E-state index contributed by atoms with van der Waals surface area (Å²) in [7, 11) is 1.55. The largest absolute Gasteiger partial charge is 0.332 e. The third-order valence-corrected chi connectivity index (χ3v) is 4.67. The van der Waals surface area contributed by atoms with Crippen LogP contribution in [0, 0.1) is 13.8 Å². The van der Waals surface area contributed by atoms with E-state index >= 15 is 0 Å². The number of benzene rings is 1. The molecule has 8 heteroatoms. The lowest BCUT2D eigenvalue weighted by molar-refractivity contribution is -0.117. The molecule has 0 spiro atoms. The number of fused-ring (bicyclic) bond motifs is 3. The molecule has 27 heavy (non-hydrogen) atoms. The summed E-state index contributed by atoms with van der Waals surface area (Å²) >= 11 is 0. The summed E-state index contributed by atoms with van der Waals surface area (Å²) in [6.07, 6.45) is 1.82. The number of ketones is 1. The normalized spacial score (nSPS) is 11.6. The van der Waals surface area contributed by atoms with Crippen LogP contribution >= 0.6 is 0 Å². The second kappa shape index (κ2) is 5.80. The second-order valence-corrected chi connectivity index (χ2v) is 6.83. The number of Topliss-reactive ketones (excluding diaryl/α,β-unsaturated/α-hetero) is 1. The van der Waals surface area contributed by atoms with Crippen LogP contribution in [0.5, 0.6) is 0 Å². The lowest BCUT2D eigenvalue weighted by atomic mass is 10.2. The third kappa shape index (κ3) is 2.44. The topological polar surface area (TPSA) is 83.3 Å². The van der Waals surface area contributed by atoms with Gasteiger partial charge in [-0.05, 0) is 38.5 Å². The Bertz CT molecular complexity index is 1350. The van der Waals surface area contributed by atoms with Crippen LogP contribution in [0.1, 0.15) is 18.2 Å². The summed E-state index contributed by atoms with van der Waals surface area (Å²) in [6, 6.07) is 7.95. The van der Waals surface area contributed by atoms with E-state index in [1.165, 1.54) is 11.5 Å². The van der Waals surface area contributed by atoms with E-state index in [-0.39, 0.29) is 17.8 Å². The number of aryl methyl sites for hydroxylation is 3. The predicted molar refractivity (Wildman–Crippen MR) is 102 cm³/mol. The maximum absolute atomic E-state index is 13.0. The lowest BCUT2D eigenvalue weighted by Gasteiger charge is -2.07. The molecule has 0 aliphatic carbocycles. The Morgan fingerprint density at radius 1 is 1.19 bits per heavy atom. The molecule has 0 bridgehead atoms. The highest BCUT2D eigenvalue weighted by Gasteiger charge is 2.21. The molecule has 4 rings (SSSR count). The Kier molecular flexibility index (Phi) is 3.66. The molecule has 0 saturated heterocycles. The molecule has 0 unspecified atom stereocenters. The zero-order chi connectivity index (χ0) is 19.5. The minimum atomic E-state index is -0.553. The average molecular weight is 365 g/mol. The van der Waals surface area contributed by atoms with Gasteiger partial charge in [0.1, 0.15) is 5.78 Å². The van der Waals surface area contributed by atoms with Gasteiger partial charge in [-0.3, -0.25) is 27.7 Å². The molecule has 0 saturated carbocycles. The number of nitrogens with zero attached hydrogens (tertiary/aromatic N) is 5. The van der Waals surface area contributed by atoms with Crippen LogP contribution in [0.25, 0.3) is 22.6 Å². The van der Waals surface area contributed by atoms with Gasteiger partial charge in [-0.25, -0.2) is 4.79 Å². The van der Waals surface area contributed by atoms with Crippen molar-refractivity contribution in [1.82, 2.24) is 23.1 Å². The highest BCUT2D eigenvalue weighted by atomic mass is 16.2. The molecular weight excluding hydrogens is 346 g/mol. The van der Waals surface area contributed by atoms with E-state index < -0.39 is 11.2 Å². The molecule has 0 amide bonds. The highest BCUT2D eigenvalue weighted by molar-refractivity contribution is 5.78. The van der Waals surface area contributed by atoms with Gasteiger partial charge in [0.2, 0.25) is 5.78 Å². The summed E-state index contributed by atoms with van der Waals surface area (Å²) in [6.45, 7) is 5.03. The molecule has 3 aromatic heterocycles. The summed E-state index contributed by atoms with van der Waals surface area (Å²) in [5, 5.41) is 0. The Morgan fingerprint density at radius 3 is 2.59 bits per heavy atom. The quantitative estimate of drug-likeness (QED) is 0.549. The number of carbonyl (C=O) groups excluding carboxylic acids is 1. The average Bonchev–Trinajstić information content (AvgIpc) is 3.11. The number of carbonyl (C=O) groups is 1. The van der Waals surface area contributed by atoms with Gasteiger partial charge < -0.3 is 0 Å². The van der Waals surface area contributed by atoms with Gasteiger partial charge in [-0.1, -0.05) is 12.1 Å². The molecule has 0 aliphatic heterocycles. The van der Waals surface area contributed by atoms with Crippen LogP contribution in [0.15, 0.2) is 40.1 Å². The molecule has 0 fully saturated rings. The van der Waals surface area contributed by atoms with E-state index in [1.807, 2.05) is 48.9 Å². The number of aromatic nitrogens is 5. The van der Waals surface area contributed by atoms with Crippen molar-refractivity contribution in [3.8, 4) is 5.69 Å². The fourth-order valence-electron chi connectivity index (χ4n) is 3.46. The number of hydrogen-bond donors (Lipinski definition) is 0.